The zero-order valence-corrected chi connectivity index (χ0v) is 37.3. The van der Waals surface area contributed by atoms with E-state index in [1.54, 1.807) is 6.08 Å². The van der Waals surface area contributed by atoms with Crippen molar-refractivity contribution in [1.82, 2.24) is 0 Å². The van der Waals surface area contributed by atoms with E-state index in [2.05, 4.69) is 0 Å². The van der Waals surface area contributed by atoms with E-state index in [1.165, 1.54) is 14.2 Å². The molecule has 0 radical (unpaired) electrons. The van der Waals surface area contributed by atoms with E-state index in [9.17, 15) is 71.2 Å². The summed E-state index contributed by atoms with van der Waals surface area (Å²) in [5, 5.41) is 140. The number of methoxy groups -OCH3 is 2. The number of hydrogen-bond donors (Lipinski definition) is 13. The summed E-state index contributed by atoms with van der Waals surface area (Å²) < 4.78 is 58.2. The van der Waals surface area contributed by atoms with Crippen molar-refractivity contribution in [3.63, 3.8) is 0 Å². The van der Waals surface area contributed by atoms with Crippen LogP contribution in [0.3, 0.4) is 0 Å². The summed E-state index contributed by atoms with van der Waals surface area (Å²) >= 11 is 0. The first-order chi connectivity index (χ1) is 31.9. The Bertz CT molecular complexity index is 1580. The van der Waals surface area contributed by atoms with E-state index in [4.69, 9.17) is 47.4 Å². The largest absolute Gasteiger partial charge is 0.460 e. The van der Waals surface area contributed by atoms with E-state index in [1.807, 2.05) is 0 Å². The van der Waals surface area contributed by atoms with Gasteiger partial charge in [-0.3, -0.25) is 0 Å². The molecule has 67 heavy (non-hydrogen) atoms. The maximum atomic E-state index is 12.8. The minimum atomic E-state index is -1.92. The third-order valence-corrected chi connectivity index (χ3v) is 14.6. The molecule has 7 fully saturated rings. The number of allylic oxidation sites excluding steroid dienone is 1. The molecule has 25 unspecified atom stereocenters. The first kappa shape index (κ1) is 53.1. The number of carbonyl (C=O) groups excluding carboxylic acids is 1. The monoisotopic (exact) mass is 970 g/mol. The number of aliphatic hydroxyl groups excluding tert-OH is 13. The Hall–Kier alpha value is -1.67. The van der Waals surface area contributed by atoms with Gasteiger partial charge < -0.3 is 114 Å². The molecule has 0 amide bonds. The zero-order valence-electron chi connectivity index (χ0n) is 37.3. The van der Waals surface area contributed by atoms with Crippen molar-refractivity contribution < 1.29 is 119 Å². The van der Waals surface area contributed by atoms with Gasteiger partial charge in [-0.25, -0.2) is 4.79 Å². The maximum Gasteiger partial charge on any atom is 0.330 e. The van der Waals surface area contributed by atoms with Crippen molar-refractivity contribution in [2.75, 3.05) is 34.0 Å². The molecule has 3 saturated carbocycles. The Morgan fingerprint density at radius 3 is 1.91 bits per heavy atom. The second-order valence-corrected chi connectivity index (χ2v) is 19.1. The van der Waals surface area contributed by atoms with Crippen molar-refractivity contribution in [3.05, 3.63) is 12.2 Å². The number of aliphatic hydroxyl groups is 13. The Labute approximate surface area is 386 Å². The van der Waals surface area contributed by atoms with Crippen LogP contribution < -0.4 is 0 Å². The second kappa shape index (κ2) is 23.3. The number of hydrogen-bond acceptors (Lipinski definition) is 24. The highest BCUT2D eigenvalue weighted by atomic mass is 16.8. The van der Waals surface area contributed by atoms with Crippen LogP contribution in [0.5, 0.6) is 0 Å². The summed E-state index contributed by atoms with van der Waals surface area (Å²) in [5.74, 6) is -1.99. The molecule has 13 N–H and O–H groups in total. The minimum Gasteiger partial charge on any atom is -0.460 e. The molecule has 7 aliphatic rings. The van der Waals surface area contributed by atoms with Crippen molar-refractivity contribution in [1.29, 1.82) is 0 Å². The molecule has 0 bridgehead atoms. The third-order valence-electron chi connectivity index (χ3n) is 14.6. The lowest BCUT2D eigenvalue weighted by molar-refractivity contribution is -0.376. The molecule has 3 aliphatic carbocycles. The fourth-order valence-corrected chi connectivity index (χ4v) is 10.6. The quantitative estimate of drug-likeness (QED) is 0.0570. The summed E-state index contributed by atoms with van der Waals surface area (Å²) in [6, 6.07) is 0. The molecule has 4 heterocycles. The Balaban J connectivity index is 1.05. The summed E-state index contributed by atoms with van der Waals surface area (Å²) in [4.78, 5) is 12.8. The number of fused-ring (bicyclic) bond motifs is 1. The predicted molar refractivity (Wildman–Crippen MR) is 219 cm³/mol. The minimum absolute atomic E-state index is 0.0661. The topological polar surface area (TPSA) is 372 Å². The third kappa shape index (κ3) is 12.2. The van der Waals surface area contributed by atoms with Crippen molar-refractivity contribution in [2.45, 2.75) is 198 Å². The van der Waals surface area contributed by atoms with Gasteiger partial charge in [0, 0.05) is 26.2 Å². The molecule has 7 rings (SSSR count). The van der Waals surface area contributed by atoms with Crippen LogP contribution in [0.15, 0.2) is 12.2 Å². The molecule has 386 valence electrons. The van der Waals surface area contributed by atoms with E-state index < -0.39 is 185 Å². The summed E-state index contributed by atoms with van der Waals surface area (Å²) in [6.07, 6.45) is -27.6. The number of esters is 1. The normalized spacial score (nSPS) is 51.0. The standard InChI is InChI=1S/C43H70O24/c1-58-25-7-16(8-26(59-2)32(25)51)3-6-30(49)60-14-28-33(52)35(54)38(57)41(65-28)62-15-29-34(53)36(55)40(67-42-37(56)31(50)23(48)13-61-42)43(66-29)64-27-12-19-21(46)10-18(44)11-24(19)63-39(27)17-4-5-20(45)22(47)9-17/h3,6,16-29,31-48,50-57H,4-5,7-15H2,1-2H3. The van der Waals surface area contributed by atoms with Crippen LogP contribution in [0.4, 0.5) is 0 Å². The molecule has 25 atom stereocenters. The molecule has 0 spiro atoms. The lowest BCUT2D eigenvalue weighted by atomic mass is 9.72. The van der Waals surface area contributed by atoms with Crippen LogP contribution in [0.1, 0.15) is 51.4 Å². The Morgan fingerprint density at radius 1 is 0.567 bits per heavy atom. The lowest BCUT2D eigenvalue weighted by Gasteiger charge is -2.51. The van der Waals surface area contributed by atoms with Crippen LogP contribution in [-0.4, -0.2) is 253 Å². The van der Waals surface area contributed by atoms with Gasteiger partial charge >= 0.3 is 5.97 Å². The summed E-state index contributed by atoms with van der Waals surface area (Å²) in [5.41, 5.74) is 0. The molecular formula is C43H70O24. The van der Waals surface area contributed by atoms with E-state index in [0.717, 1.165) is 6.08 Å². The highest BCUT2D eigenvalue weighted by Gasteiger charge is 2.55. The molecular weight excluding hydrogens is 900 g/mol. The van der Waals surface area contributed by atoms with Crippen LogP contribution in [0.25, 0.3) is 0 Å². The van der Waals surface area contributed by atoms with Gasteiger partial charge in [0.05, 0.1) is 68.1 Å². The summed E-state index contributed by atoms with van der Waals surface area (Å²) in [7, 11) is 2.91. The van der Waals surface area contributed by atoms with Crippen LogP contribution >= 0.6 is 0 Å². The van der Waals surface area contributed by atoms with Gasteiger partial charge in [0.15, 0.2) is 18.9 Å². The maximum absolute atomic E-state index is 12.8. The fourth-order valence-electron chi connectivity index (χ4n) is 10.6. The van der Waals surface area contributed by atoms with E-state index in [0.29, 0.717) is 19.3 Å². The molecule has 24 nitrogen and oxygen atoms in total. The van der Waals surface area contributed by atoms with Crippen molar-refractivity contribution >= 4 is 5.97 Å². The lowest BCUT2D eigenvalue weighted by Crippen LogP contribution is -2.65. The molecule has 24 heteroatoms. The highest BCUT2D eigenvalue weighted by molar-refractivity contribution is 5.81. The predicted octanol–water partition coefficient (Wildman–Crippen LogP) is -5.82. The number of carbonyl (C=O) groups is 1. The SMILES string of the molecule is COC1CC(C=CC(=O)OCC2OC(OCC3OC(OC4CC5C(O)CC(O)CC5OC4C4CCC(O)C(O)C4)C(OC4OCC(O)C(O)C4O)C(O)C3O)C(O)C(O)C2O)CC(OC)C1O. The Morgan fingerprint density at radius 2 is 1.22 bits per heavy atom. The van der Waals surface area contributed by atoms with Gasteiger partial charge in [-0.05, 0) is 63.2 Å². The van der Waals surface area contributed by atoms with Gasteiger partial charge in [-0.1, -0.05) is 6.08 Å². The van der Waals surface area contributed by atoms with Gasteiger partial charge in [-0.15, -0.1) is 0 Å². The summed E-state index contributed by atoms with van der Waals surface area (Å²) in [6.45, 7) is -1.76. The van der Waals surface area contributed by atoms with Gasteiger partial charge in [0.1, 0.15) is 79.9 Å². The molecule has 4 saturated heterocycles. The smallest absolute Gasteiger partial charge is 0.330 e. The van der Waals surface area contributed by atoms with Crippen LogP contribution in [0, 0.1) is 17.8 Å². The molecule has 0 aromatic carbocycles. The first-order valence-electron chi connectivity index (χ1n) is 23.1. The second-order valence-electron chi connectivity index (χ2n) is 19.1. The van der Waals surface area contributed by atoms with E-state index >= 15 is 0 Å². The number of rotatable bonds is 14. The van der Waals surface area contributed by atoms with Crippen molar-refractivity contribution in [2.24, 2.45) is 17.8 Å². The molecule has 4 aliphatic heterocycles. The van der Waals surface area contributed by atoms with Crippen molar-refractivity contribution in [3.8, 4) is 0 Å². The molecule has 0 aromatic rings. The average Bonchev–Trinajstić information content (AvgIpc) is 3.30. The first-order valence-corrected chi connectivity index (χ1v) is 23.1. The van der Waals surface area contributed by atoms with Gasteiger partial charge in [-0.2, -0.15) is 0 Å². The van der Waals surface area contributed by atoms with Crippen LogP contribution in [-0.2, 0) is 52.2 Å². The zero-order chi connectivity index (χ0) is 48.4. The average molecular weight is 971 g/mol. The van der Waals surface area contributed by atoms with Gasteiger partial charge in [0.25, 0.3) is 0 Å². The van der Waals surface area contributed by atoms with E-state index in [-0.39, 0.29) is 38.0 Å². The Kier molecular flexibility index (Phi) is 18.4. The van der Waals surface area contributed by atoms with Crippen LogP contribution in [0.2, 0.25) is 0 Å². The highest BCUT2D eigenvalue weighted by Crippen LogP contribution is 2.44. The molecule has 0 aromatic heterocycles. The fraction of sp³-hybridized carbons (Fsp3) is 0.930. The number of ether oxygens (including phenoxy) is 10. The van der Waals surface area contributed by atoms with Gasteiger partial charge in [0.2, 0.25) is 0 Å².